The molecular weight excluding hydrogens is 386 g/mol. The van der Waals surface area contributed by atoms with Crippen LogP contribution in [0.2, 0.25) is 0 Å². The number of anilines is 1. The van der Waals surface area contributed by atoms with Crippen molar-refractivity contribution in [2.75, 3.05) is 29.5 Å². The molecule has 1 saturated carbocycles. The molecular formula is C22H23N3O3S. The minimum absolute atomic E-state index is 0.0714. The number of rotatable bonds is 6. The van der Waals surface area contributed by atoms with Crippen molar-refractivity contribution < 1.29 is 13.7 Å². The molecule has 5 rings (SSSR count). The number of nitrogens with zero attached hydrogens (tertiary/aromatic N) is 3. The largest absolute Gasteiger partial charge is 0.459 e. The first-order chi connectivity index (χ1) is 14.3. The smallest absolute Gasteiger partial charge is 0.290 e. The van der Waals surface area contributed by atoms with E-state index in [1.54, 1.807) is 18.4 Å². The summed E-state index contributed by atoms with van der Waals surface area (Å²) >= 11 is 1.95. The van der Waals surface area contributed by atoms with Gasteiger partial charge in [-0.1, -0.05) is 35.5 Å². The Kier molecular flexibility index (Phi) is 5.06. The average Bonchev–Trinajstić information content (AvgIpc) is 3.29. The molecule has 7 heteroatoms. The molecule has 0 spiro atoms. The molecule has 6 nitrogen and oxygen atoms in total. The van der Waals surface area contributed by atoms with Crippen LogP contribution in [0.3, 0.4) is 0 Å². The number of thioether (sulfide) groups is 1. The molecule has 2 aliphatic rings. The minimum Gasteiger partial charge on any atom is -0.459 e. The van der Waals surface area contributed by atoms with Crippen molar-refractivity contribution in [2.45, 2.75) is 25.4 Å². The maximum absolute atomic E-state index is 13.1. The first kappa shape index (κ1) is 18.4. The fraction of sp³-hybridized carbons (Fsp3) is 0.364. The van der Waals surface area contributed by atoms with Gasteiger partial charge in [0.2, 0.25) is 5.88 Å². The molecule has 150 valence electrons. The van der Waals surface area contributed by atoms with Crippen molar-refractivity contribution in [1.29, 1.82) is 0 Å². The fourth-order valence-corrected chi connectivity index (χ4v) is 4.65. The first-order valence-corrected chi connectivity index (χ1v) is 11.2. The predicted molar refractivity (Wildman–Crippen MR) is 113 cm³/mol. The van der Waals surface area contributed by atoms with Gasteiger partial charge in [0.1, 0.15) is 5.69 Å². The third-order valence-corrected chi connectivity index (χ3v) is 6.36. The van der Waals surface area contributed by atoms with Crippen molar-refractivity contribution in [1.82, 2.24) is 10.1 Å². The van der Waals surface area contributed by atoms with Gasteiger partial charge < -0.3 is 18.7 Å². The van der Waals surface area contributed by atoms with E-state index >= 15 is 0 Å². The van der Waals surface area contributed by atoms with Gasteiger partial charge in [0, 0.05) is 36.2 Å². The molecule has 2 fully saturated rings. The summed E-state index contributed by atoms with van der Waals surface area (Å²) in [5, 5.41) is 4.43. The van der Waals surface area contributed by atoms with Gasteiger partial charge in [-0.15, -0.1) is 0 Å². The van der Waals surface area contributed by atoms with Crippen molar-refractivity contribution >= 4 is 23.6 Å². The van der Waals surface area contributed by atoms with Gasteiger partial charge in [0.05, 0.1) is 18.4 Å². The highest BCUT2D eigenvalue weighted by molar-refractivity contribution is 7.99. The van der Waals surface area contributed by atoms with Crippen LogP contribution in [0.5, 0.6) is 0 Å². The standard InChI is InChI=1S/C22H23N3O3S/c26-21(19-7-4-12-27-19)25(17-8-9-17)15-18-20(16-5-2-1-3-6-16)23-28-22(18)24-10-13-29-14-11-24/h1-7,12,17H,8-11,13-15H2. The van der Waals surface area contributed by atoms with E-state index in [4.69, 9.17) is 8.94 Å². The van der Waals surface area contributed by atoms with E-state index in [0.29, 0.717) is 12.3 Å². The lowest BCUT2D eigenvalue weighted by molar-refractivity contribution is 0.0698. The Labute approximate surface area is 173 Å². The zero-order chi connectivity index (χ0) is 19.6. The van der Waals surface area contributed by atoms with Gasteiger partial charge in [0.25, 0.3) is 5.91 Å². The Morgan fingerprint density at radius 3 is 2.62 bits per heavy atom. The minimum atomic E-state index is -0.0714. The predicted octanol–water partition coefficient (Wildman–Crippen LogP) is 4.29. The molecule has 1 amide bonds. The Morgan fingerprint density at radius 2 is 1.93 bits per heavy atom. The second kappa shape index (κ2) is 7.99. The zero-order valence-corrected chi connectivity index (χ0v) is 16.9. The van der Waals surface area contributed by atoms with Gasteiger partial charge in [-0.05, 0) is 25.0 Å². The Hall–Kier alpha value is -2.67. The van der Waals surface area contributed by atoms with Gasteiger partial charge in [-0.25, -0.2) is 0 Å². The second-order valence-electron chi connectivity index (χ2n) is 7.42. The average molecular weight is 410 g/mol. The summed E-state index contributed by atoms with van der Waals surface area (Å²) in [6.07, 6.45) is 3.59. The molecule has 3 aromatic rings. The summed E-state index contributed by atoms with van der Waals surface area (Å²) in [4.78, 5) is 17.3. The number of amides is 1. The van der Waals surface area contributed by atoms with Crippen LogP contribution in [0.4, 0.5) is 5.88 Å². The molecule has 2 aromatic heterocycles. The van der Waals surface area contributed by atoms with E-state index in [-0.39, 0.29) is 11.9 Å². The summed E-state index contributed by atoms with van der Waals surface area (Å²) in [5.41, 5.74) is 2.80. The number of hydrogen-bond donors (Lipinski definition) is 0. The summed E-state index contributed by atoms with van der Waals surface area (Å²) in [6, 6.07) is 13.8. The molecule has 0 unspecified atom stereocenters. The Balaban J connectivity index is 1.52. The normalized spacial score (nSPS) is 16.8. The zero-order valence-electron chi connectivity index (χ0n) is 16.1. The molecule has 1 aromatic carbocycles. The van der Waals surface area contributed by atoms with Crippen LogP contribution >= 0.6 is 11.8 Å². The lowest BCUT2D eigenvalue weighted by Gasteiger charge is -2.28. The van der Waals surface area contributed by atoms with Crippen LogP contribution in [0, 0.1) is 0 Å². The highest BCUT2D eigenvalue weighted by Crippen LogP contribution is 2.37. The van der Waals surface area contributed by atoms with Gasteiger partial charge in [-0.2, -0.15) is 11.8 Å². The molecule has 0 atom stereocenters. The second-order valence-corrected chi connectivity index (χ2v) is 8.65. The highest BCUT2D eigenvalue weighted by Gasteiger charge is 2.36. The number of carbonyl (C=O) groups is 1. The monoisotopic (exact) mass is 409 g/mol. The van der Waals surface area contributed by atoms with Crippen molar-refractivity contribution in [3.63, 3.8) is 0 Å². The van der Waals surface area contributed by atoms with Gasteiger partial charge >= 0.3 is 0 Å². The van der Waals surface area contributed by atoms with E-state index < -0.39 is 0 Å². The SMILES string of the molecule is O=C(c1ccco1)N(Cc1c(-c2ccccc2)noc1N1CCSCC1)C1CC1. The number of furan rings is 1. The lowest BCUT2D eigenvalue weighted by Crippen LogP contribution is -2.35. The quantitative estimate of drug-likeness (QED) is 0.605. The molecule has 1 aliphatic carbocycles. The third-order valence-electron chi connectivity index (χ3n) is 5.42. The summed E-state index contributed by atoms with van der Waals surface area (Å²) in [5.74, 6) is 3.24. The van der Waals surface area contributed by atoms with Crippen LogP contribution in [0.1, 0.15) is 29.0 Å². The molecule has 29 heavy (non-hydrogen) atoms. The topological polar surface area (TPSA) is 62.7 Å². The molecule has 3 heterocycles. The van der Waals surface area contributed by atoms with Gasteiger partial charge in [-0.3, -0.25) is 4.79 Å². The third kappa shape index (κ3) is 3.79. The van der Waals surface area contributed by atoms with Crippen LogP contribution in [0.15, 0.2) is 57.7 Å². The summed E-state index contributed by atoms with van der Waals surface area (Å²) in [6.45, 7) is 2.32. The Bertz CT molecular complexity index is 961. The van der Waals surface area contributed by atoms with Gasteiger partial charge in [0.15, 0.2) is 5.76 Å². The number of hydrogen-bond acceptors (Lipinski definition) is 6. The van der Waals surface area contributed by atoms with Crippen molar-refractivity contribution in [3.05, 3.63) is 60.1 Å². The van der Waals surface area contributed by atoms with E-state index in [0.717, 1.165) is 60.1 Å². The fourth-order valence-electron chi connectivity index (χ4n) is 3.75. The molecule has 1 saturated heterocycles. The van der Waals surface area contributed by atoms with E-state index in [9.17, 15) is 4.79 Å². The maximum atomic E-state index is 13.1. The Morgan fingerprint density at radius 1 is 1.14 bits per heavy atom. The maximum Gasteiger partial charge on any atom is 0.290 e. The van der Waals surface area contributed by atoms with Crippen molar-refractivity contribution in [3.8, 4) is 11.3 Å². The van der Waals surface area contributed by atoms with E-state index in [1.165, 1.54) is 0 Å². The molecule has 0 bridgehead atoms. The van der Waals surface area contributed by atoms with Crippen LogP contribution in [-0.4, -0.2) is 46.6 Å². The number of aromatic nitrogens is 1. The van der Waals surface area contributed by atoms with E-state index in [1.807, 2.05) is 47.0 Å². The summed E-state index contributed by atoms with van der Waals surface area (Å²) in [7, 11) is 0. The molecule has 0 radical (unpaired) electrons. The summed E-state index contributed by atoms with van der Waals surface area (Å²) < 4.78 is 11.3. The van der Waals surface area contributed by atoms with E-state index in [2.05, 4.69) is 10.1 Å². The highest BCUT2D eigenvalue weighted by atomic mass is 32.2. The lowest BCUT2D eigenvalue weighted by atomic mass is 10.1. The molecule has 1 aliphatic heterocycles. The van der Waals surface area contributed by atoms with Crippen LogP contribution < -0.4 is 4.90 Å². The molecule has 0 N–H and O–H groups in total. The van der Waals surface area contributed by atoms with Crippen molar-refractivity contribution in [2.24, 2.45) is 0 Å². The number of carbonyl (C=O) groups excluding carboxylic acids is 1. The van der Waals surface area contributed by atoms with Crippen LogP contribution in [-0.2, 0) is 6.54 Å². The van der Waals surface area contributed by atoms with Crippen LogP contribution in [0.25, 0.3) is 11.3 Å². The first-order valence-electron chi connectivity index (χ1n) is 10.0. The number of benzene rings is 1.